The van der Waals surface area contributed by atoms with Crippen LogP contribution < -0.4 is 10.6 Å². The van der Waals surface area contributed by atoms with Gasteiger partial charge in [-0.25, -0.2) is 9.78 Å². The first-order valence-corrected chi connectivity index (χ1v) is 6.57. The lowest BCUT2D eigenvalue weighted by atomic mass is 10.1. The Morgan fingerprint density at radius 2 is 2.00 bits per heavy atom. The summed E-state index contributed by atoms with van der Waals surface area (Å²) in [7, 11) is 0. The predicted molar refractivity (Wildman–Crippen MR) is 74.4 cm³/mol. The largest absolute Gasteiger partial charge is 0.331 e. The van der Waals surface area contributed by atoms with Gasteiger partial charge in [0, 0.05) is 22.8 Å². The second-order valence-corrected chi connectivity index (χ2v) is 4.85. The standard InChI is InChI=1S/C13H13N3O2S/c1-9(17)10-2-4-11(5-3-10)16-13(18)15-8-12-14-6-7-19-12/h2-7H,8H2,1H3,(H2,15,16,18). The number of amides is 2. The van der Waals surface area contributed by atoms with Gasteiger partial charge in [0.1, 0.15) is 5.01 Å². The van der Waals surface area contributed by atoms with Crippen molar-refractivity contribution in [2.75, 3.05) is 5.32 Å². The predicted octanol–water partition coefficient (Wildman–Crippen LogP) is 2.67. The lowest BCUT2D eigenvalue weighted by molar-refractivity contribution is 0.101. The highest BCUT2D eigenvalue weighted by Gasteiger charge is 2.04. The number of carbonyl (C=O) groups excluding carboxylic acids is 2. The van der Waals surface area contributed by atoms with E-state index < -0.39 is 0 Å². The number of Topliss-reactive ketones (excluding diaryl/α,β-unsaturated/α-hetero) is 1. The fraction of sp³-hybridized carbons (Fsp3) is 0.154. The first-order chi connectivity index (χ1) is 9.15. The van der Waals surface area contributed by atoms with Crippen LogP contribution in [0.15, 0.2) is 35.8 Å². The minimum absolute atomic E-state index is 0.000212. The van der Waals surface area contributed by atoms with Crippen molar-refractivity contribution in [2.24, 2.45) is 0 Å². The molecule has 1 aromatic carbocycles. The Morgan fingerprint density at radius 3 is 2.58 bits per heavy atom. The Balaban J connectivity index is 1.86. The molecule has 0 saturated carbocycles. The van der Waals surface area contributed by atoms with E-state index in [-0.39, 0.29) is 11.8 Å². The summed E-state index contributed by atoms with van der Waals surface area (Å²) < 4.78 is 0. The third-order valence-corrected chi connectivity index (χ3v) is 3.21. The molecule has 0 aliphatic rings. The van der Waals surface area contributed by atoms with E-state index >= 15 is 0 Å². The van der Waals surface area contributed by atoms with Crippen molar-refractivity contribution in [1.82, 2.24) is 10.3 Å². The van der Waals surface area contributed by atoms with Gasteiger partial charge in [-0.3, -0.25) is 4.79 Å². The first-order valence-electron chi connectivity index (χ1n) is 5.69. The van der Waals surface area contributed by atoms with E-state index in [1.807, 2.05) is 5.38 Å². The van der Waals surface area contributed by atoms with E-state index in [1.54, 1.807) is 30.5 Å². The molecule has 0 saturated heterocycles. The van der Waals surface area contributed by atoms with E-state index in [1.165, 1.54) is 18.3 Å². The molecule has 0 unspecified atom stereocenters. The smallest absolute Gasteiger partial charge is 0.319 e. The maximum Gasteiger partial charge on any atom is 0.319 e. The minimum Gasteiger partial charge on any atom is -0.331 e. The summed E-state index contributed by atoms with van der Waals surface area (Å²) in [5, 5.41) is 8.09. The highest BCUT2D eigenvalue weighted by atomic mass is 32.1. The van der Waals surface area contributed by atoms with Crippen LogP contribution in [0.4, 0.5) is 10.5 Å². The molecule has 2 N–H and O–H groups in total. The zero-order valence-electron chi connectivity index (χ0n) is 10.3. The molecule has 0 aliphatic carbocycles. The minimum atomic E-state index is -0.300. The van der Waals surface area contributed by atoms with Gasteiger partial charge in [0.2, 0.25) is 0 Å². The molecular formula is C13H13N3O2S. The molecule has 2 rings (SSSR count). The number of benzene rings is 1. The first kappa shape index (κ1) is 13.2. The highest BCUT2D eigenvalue weighted by Crippen LogP contribution is 2.10. The number of hydrogen-bond donors (Lipinski definition) is 2. The topological polar surface area (TPSA) is 71.1 Å². The lowest BCUT2D eigenvalue weighted by Crippen LogP contribution is -2.28. The van der Waals surface area contributed by atoms with E-state index in [4.69, 9.17) is 0 Å². The molecule has 1 aromatic heterocycles. The van der Waals surface area contributed by atoms with Crippen LogP contribution in [-0.4, -0.2) is 16.8 Å². The van der Waals surface area contributed by atoms with Gasteiger partial charge in [0.25, 0.3) is 0 Å². The van der Waals surface area contributed by atoms with Gasteiger partial charge in [-0.05, 0) is 31.2 Å². The van der Waals surface area contributed by atoms with E-state index in [2.05, 4.69) is 15.6 Å². The van der Waals surface area contributed by atoms with Gasteiger partial charge in [-0.15, -0.1) is 11.3 Å². The third-order valence-electron chi connectivity index (χ3n) is 2.43. The number of nitrogens with zero attached hydrogens (tertiary/aromatic N) is 1. The normalized spacial score (nSPS) is 9.95. The summed E-state index contributed by atoms with van der Waals surface area (Å²) in [6.45, 7) is 1.90. The summed E-state index contributed by atoms with van der Waals surface area (Å²) in [6.07, 6.45) is 1.69. The molecule has 2 aromatic rings. The van der Waals surface area contributed by atoms with Gasteiger partial charge in [0.05, 0.1) is 6.54 Å². The third kappa shape index (κ3) is 3.89. The number of aromatic nitrogens is 1. The average molecular weight is 275 g/mol. The number of carbonyl (C=O) groups is 2. The molecule has 0 aliphatic heterocycles. The zero-order chi connectivity index (χ0) is 13.7. The monoisotopic (exact) mass is 275 g/mol. The van der Waals surface area contributed by atoms with Crippen LogP contribution in [-0.2, 0) is 6.54 Å². The Morgan fingerprint density at radius 1 is 1.26 bits per heavy atom. The number of anilines is 1. The maximum absolute atomic E-state index is 11.6. The van der Waals surface area contributed by atoms with Crippen molar-refractivity contribution in [1.29, 1.82) is 0 Å². The SMILES string of the molecule is CC(=O)c1ccc(NC(=O)NCc2nccs2)cc1. The fourth-order valence-electron chi connectivity index (χ4n) is 1.46. The molecule has 0 atom stereocenters. The second-order valence-electron chi connectivity index (χ2n) is 3.87. The molecule has 2 amide bonds. The number of hydrogen-bond acceptors (Lipinski definition) is 4. The number of rotatable bonds is 4. The number of ketones is 1. The van der Waals surface area contributed by atoms with Crippen LogP contribution >= 0.6 is 11.3 Å². The van der Waals surface area contributed by atoms with E-state index in [0.29, 0.717) is 17.8 Å². The van der Waals surface area contributed by atoms with Gasteiger partial charge < -0.3 is 10.6 Å². The average Bonchev–Trinajstić information content (AvgIpc) is 2.90. The lowest BCUT2D eigenvalue weighted by Gasteiger charge is -2.06. The molecule has 1 heterocycles. The molecule has 19 heavy (non-hydrogen) atoms. The Labute approximate surface area is 114 Å². The van der Waals surface area contributed by atoms with Crippen LogP contribution in [0.25, 0.3) is 0 Å². The van der Waals surface area contributed by atoms with Gasteiger partial charge in [0.15, 0.2) is 5.78 Å². The summed E-state index contributed by atoms with van der Waals surface area (Å²) in [5.41, 5.74) is 1.26. The Kier molecular flexibility index (Phi) is 4.25. The summed E-state index contributed by atoms with van der Waals surface area (Å²) in [6, 6.07) is 6.45. The molecule has 0 radical (unpaired) electrons. The zero-order valence-corrected chi connectivity index (χ0v) is 11.2. The van der Waals surface area contributed by atoms with Gasteiger partial charge in [-0.1, -0.05) is 0 Å². The van der Waals surface area contributed by atoms with Crippen molar-refractivity contribution < 1.29 is 9.59 Å². The van der Waals surface area contributed by atoms with Crippen molar-refractivity contribution in [3.63, 3.8) is 0 Å². The Hall–Kier alpha value is -2.21. The van der Waals surface area contributed by atoms with Crippen molar-refractivity contribution in [3.05, 3.63) is 46.4 Å². The number of urea groups is 1. The van der Waals surface area contributed by atoms with Gasteiger partial charge >= 0.3 is 6.03 Å². The highest BCUT2D eigenvalue weighted by molar-refractivity contribution is 7.09. The molecule has 0 bridgehead atoms. The molecular weight excluding hydrogens is 262 g/mol. The van der Waals surface area contributed by atoms with Gasteiger partial charge in [-0.2, -0.15) is 0 Å². The maximum atomic E-state index is 11.6. The van der Waals surface area contributed by atoms with Crippen molar-refractivity contribution in [2.45, 2.75) is 13.5 Å². The summed E-state index contributed by atoms with van der Waals surface area (Å²) in [5.74, 6) is -0.000212. The molecule has 98 valence electrons. The van der Waals surface area contributed by atoms with Crippen LogP contribution in [0.3, 0.4) is 0 Å². The van der Waals surface area contributed by atoms with Crippen molar-refractivity contribution in [3.8, 4) is 0 Å². The molecule has 0 spiro atoms. The molecule has 5 nitrogen and oxygen atoms in total. The van der Waals surface area contributed by atoms with E-state index in [0.717, 1.165) is 5.01 Å². The van der Waals surface area contributed by atoms with Crippen LogP contribution in [0.2, 0.25) is 0 Å². The second kappa shape index (κ2) is 6.10. The van der Waals surface area contributed by atoms with Crippen LogP contribution in [0, 0.1) is 0 Å². The fourth-order valence-corrected chi connectivity index (χ4v) is 2.02. The summed E-state index contributed by atoms with van der Waals surface area (Å²) >= 11 is 1.49. The van der Waals surface area contributed by atoms with Crippen LogP contribution in [0.1, 0.15) is 22.3 Å². The molecule has 0 fully saturated rings. The van der Waals surface area contributed by atoms with Crippen LogP contribution in [0.5, 0.6) is 0 Å². The quantitative estimate of drug-likeness (QED) is 0.843. The van der Waals surface area contributed by atoms with Crippen molar-refractivity contribution >= 4 is 28.8 Å². The molecule has 6 heteroatoms. The summed E-state index contributed by atoms with van der Waals surface area (Å²) in [4.78, 5) is 26.8. The Bertz CT molecular complexity index is 564. The number of thiazole rings is 1. The number of nitrogens with one attached hydrogen (secondary N) is 2. The van der Waals surface area contributed by atoms with E-state index in [9.17, 15) is 9.59 Å².